The molecule has 1 unspecified atom stereocenters. The number of aromatic nitrogens is 4. The number of amides is 1. The Labute approximate surface area is 164 Å². The molecule has 2 aromatic carbocycles. The fourth-order valence-corrected chi connectivity index (χ4v) is 3.94. The van der Waals surface area contributed by atoms with Gasteiger partial charge >= 0.3 is 0 Å². The van der Waals surface area contributed by atoms with Gasteiger partial charge in [-0.15, -0.1) is 5.10 Å². The summed E-state index contributed by atoms with van der Waals surface area (Å²) in [6.07, 6.45) is 0.689. The van der Waals surface area contributed by atoms with E-state index in [1.807, 2.05) is 60.7 Å². The van der Waals surface area contributed by atoms with Crippen LogP contribution >= 0.6 is 0 Å². The lowest BCUT2D eigenvalue weighted by Gasteiger charge is -2.11. The molecule has 2 heterocycles. The molecule has 142 valence electrons. The first kappa shape index (κ1) is 18.2. The van der Waals surface area contributed by atoms with Crippen LogP contribution in [0.15, 0.2) is 65.8 Å². The van der Waals surface area contributed by atoms with Gasteiger partial charge in [0.05, 0.1) is 23.7 Å². The summed E-state index contributed by atoms with van der Waals surface area (Å²) in [5.74, 6) is 0.166. The van der Waals surface area contributed by atoms with E-state index >= 15 is 0 Å². The van der Waals surface area contributed by atoms with E-state index in [-0.39, 0.29) is 17.4 Å². The number of rotatable bonds is 6. The molecule has 9 heteroatoms. The van der Waals surface area contributed by atoms with E-state index in [0.29, 0.717) is 18.8 Å². The minimum atomic E-state index is -1.44. The van der Waals surface area contributed by atoms with Gasteiger partial charge in [-0.3, -0.25) is 9.00 Å². The van der Waals surface area contributed by atoms with Crippen molar-refractivity contribution >= 4 is 22.4 Å². The molecule has 1 amide bonds. The third-order valence-corrected chi connectivity index (χ3v) is 5.46. The molecule has 0 saturated heterocycles. The van der Waals surface area contributed by atoms with Crippen LogP contribution in [0.1, 0.15) is 17.8 Å². The lowest BCUT2D eigenvalue weighted by atomic mass is 10.1. The highest BCUT2D eigenvalue weighted by atomic mass is 32.2. The van der Waals surface area contributed by atoms with Crippen molar-refractivity contribution in [2.24, 2.45) is 5.10 Å². The van der Waals surface area contributed by atoms with E-state index in [2.05, 4.69) is 20.6 Å². The Morgan fingerprint density at radius 2 is 1.75 bits per heavy atom. The Balaban J connectivity index is 1.39. The molecule has 1 aliphatic heterocycles. The van der Waals surface area contributed by atoms with Crippen LogP contribution in [0, 0.1) is 0 Å². The summed E-state index contributed by atoms with van der Waals surface area (Å²) >= 11 is 0. The Bertz CT molecular complexity index is 1020. The smallest absolute Gasteiger partial charge is 0.255 e. The van der Waals surface area contributed by atoms with Crippen LogP contribution in [0.2, 0.25) is 0 Å². The number of benzene rings is 2. The van der Waals surface area contributed by atoms with Crippen molar-refractivity contribution in [3.05, 3.63) is 72.1 Å². The first-order valence-electron chi connectivity index (χ1n) is 8.81. The average molecular weight is 394 g/mol. The number of hydrogen-bond donors (Lipinski definition) is 0. The maximum atomic E-state index is 12.5. The van der Waals surface area contributed by atoms with Gasteiger partial charge in [0.25, 0.3) is 5.91 Å². The van der Waals surface area contributed by atoms with Gasteiger partial charge in [-0.2, -0.15) is 9.78 Å². The highest BCUT2D eigenvalue weighted by Crippen LogP contribution is 2.14. The molecule has 0 spiro atoms. The third kappa shape index (κ3) is 4.04. The SMILES string of the molecule is O=C(CS(=O)Cc1nnnn1-c1ccccc1)N1CCC(c2ccccc2)=N1. The molecule has 0 bridgehead atoms. The van der Waals surface area contributed by atoms with Crippen LogP contribution in [0.4, 0.5) is 0 Å². The van der Waals surface area contributed by atoms with Crippen LogP contribution in [0.25, 0.3) is 5.69 Å². The minimum Gasteiger partial charge on any atom is -0.272 e. The van der Waals surface area contributed by atoms with Crippen molar-refractivity contribution in [1.29, 1.82) is 0 Å². The number of carbonyl (C=O) groups is 1. The van der Waals surface area contributed by atoms with Crippen molar-refractivity contribution in [3.63, 3.8) is 0 Å². The molecule has 1 aliphatic rings. The Kier molecular flexibility index (Phi) is 5.34. The van der Waals surface area contributed by atoms with E-state index in [1.54, 1.807) is 0 Å². The van der Waals surface area contributed by atoms with E-state index < -0.39 is 10.8 Å². The number of para-hydroxylation sites is 1. The average Bonchev–Trinajstić information content (AvgIpc) is 3.39. The van der Waals surface area contributed by atoms with Gasteiger partial charge in [0.1, 0.15) is 5.75 Å². The molecule has 0 aliphatic carbocycles. The summed E-state index contributed by atoms with van der Waals surface area (Å²) in [4.78, 5) is 12.5. The Hall–Kier alpha value is -3.20. The summed E-state index contributed by atoms with van der Waals surface area (Å²) < 4.78 is 14.1. The largest absolute Gasteiger partial charge is 0.272 e. The van der Waals surface area contributed by atoms with E-state index in [0.717, 1.165) is 17.0 Å². The maximum Gasteiger partial charge on any atom is 0.255 e. The fraction of sp³-hybridized carbons (Fsp3) is 0.211. The molecule has 1 atom stereocenters. The van der Waals surface area contributed by atoms with Crippen molar-refractivity contribution in [2.45, 2.75) is 12.2 Å². The number of hydrogen-bond acceptors (Lipinski definition) is 6. The Morgan fingerprint density at radius 3 is 2.50 bits per heavy atom. The quantitative estimate of drug-likeness (QED) is 0.632. The molecule has 28 heavy (non-hydrogen) atoms. The zero-order valence-corrected chi connectivity index (χ0v) is 15.8. The van der Waals surface area contributed by atoms with Gasteiger partial charge in [-0.05, 0) is 28.1 Å². The summed E-state index contributed by atoms with van der Waals surface area (Å²) in [5, 5.41) is 17.3. The van der Waals surface area contributed by atoms with Gasteiger partial charge in [0.15, 0.2) is 5.82 Å². The highest BCUT2D eigenvalue weighted by Gasteiger charge is 2.23. The molecule has 8 nitrogen and oxygen atoms in total. The van der Waals surface area contributed by atoms with Crippen molar-refractivity contribution in [2.75, 3.05) is 12.3 Å². The molecule has 0 saturated carbocycles. The molecule has 0 radical (unpaired) electrons. The first-order valence-corrected chi connectivity index (χ1v) is 10.3. The highest BCUT2D eigenvalue weighted by molar-refractivity contribution is 7.84. The molecular weight excluding hydrogens is 376 g/mol. The maximum absolute atomic E-state index is 12.5. The first-order chi connectivity index (χ1) is 13.7. The van der Waals surface area contributed by atoms with E-state index in [4.69, 9.17) is 0 Å². The summed E-state index contributed by atoms with van der Waals surface area (Å²) in [5.41, 5.74) is 2.65. The van der Waals surface area contributed by atoms with Gasteiger partial charge in [0, 0.05) is 17.2 Å². The third-order valence-electron chi connectivity index (χ3n) is 4.31. The lowest BCUT2D eigenvalue weighted by Crippen LogP contribution is -2.29. The Morgan fingerprint density at radius 1 is 1.04 bits per heavy atom. The fourth-order valence-electron chi connectivity index (χ4n) is 2.94. The second kappa shape index (κ2) is 8.22. The van der Waals surface area contributed by atoms with Crippen LogP contribution in [-0.2, 0) is 21.3 Å². The van der Waals surface area contributed by atoms with Gasteiger partial charge < -0.3 is 0 Å². The predicted molar refractivity (Wildman–Crippen MR) is 105 cm³/mol. The van der Waals surface area contributed by atoms with E-state index in [1.165, 1.54) is 9.69 Å². The molecular formula is C19H18N6O2S. The molecule has 0 N–H and O–H groups in total. The number of tetrazole rings is 1. The van der Waals surface area contributed by atoms with E-state index in [9.17, 15) is 9.00 Å². The molecule has 1 aromatic heterocycles. The zero-order valence-electron chi connectivity index (χ0n) is 15.0. The summed E-state index contributed by atoms with van der Waals surface area (Å²) in [7, 11) is -1.44. The normalized spacial score (nSPS) is 14.7. The van der Waals surface area contributed by atoms with Crippen LogP contribution in [0.5, 0.6) is 0 Å². The summed E-state index contributed by atoms with van der Waals surface area (Å²) in [6, 6.07) is 19.1. The van der Waals surface area contributed by atoms with Crippen LogP contribution in [0.3, 0.4) is 0 Å². The number of carbonyl (C=O) groups excluding carboxylic acids is 1. The molecule has 4 rings (SSSR count). The second-order valence-electron chi connectivity index (χ2n) is 6.25. The standard InChI is InChI=1S/C19H18N6O2S/c26-19(24-12-11-17(21-24)15-7-3-1-4-8-15)14-28(27)13-18-20-22-23-25(18)16-9-5-2-6-10-16/h1-10H,11-14H2. The van der Waals surface area contributed by atoms with Crippen molar-refractivity contribution in [3.8, 4) is 5.69 Å². The van der Waals surface area contributed by atoms with Crippen LogP contribution in [-0.4, -0.2) is 53.3 Å². The van der Waals surface area contributed by atoms with Gasteiger partial charge in [0.2, 0.25) is 0 Å². The molecule has 0 fully saturated rings. The van der Waals surface area contributed by atoms with Crippen LogP contribution < -0.4 is 0 Å². The van der Waals surface area contributed by atoms with Gasteiger partial charge in [-0.25, -0.2) is 5.01 Å². The second-order valence-corrected chi connectivity index (χ2v) is 7.71. The zero-order chi connectivity index (χ0) is 19.3. The number of hydrazone groups is 1. The summed E-state index contributed by atoms with van der Waals surface area (Å²) in [6.45, 7) is 0.502. The topological polar surface area (TPSA) is 93.3 Å². The lowest BCUT2D eigenvalue weighted by molar-refractivity contribution is -0.127. The molecule has 3 aromatic rings. The minimum absolute atomic E-state index is 0.0940. The van der Waals surface area contributed by atoms with Crippen molar-refractivity contribution in [1.82, 2.24) is 25.2 Å². The van der Waals surface area contributed by atoms with Gasteiger partial charge in [-0.1, -0.05) is 48.5 Å². The number of nitrogens with zero attached hydrogens (tertiary/aromatic N) is 6. The monoisotopic (exact) mass is 394 g/mol. The van der Waals surface area contributed by atoms with Crippen molar-refractivity contribution < 1.29 is 9.00 Å². The predicted octanol–water partition coefficient (Wildman–Crippen LogP) is 1.55.